The lowest BCUT2D eigenvalue weighted by Crippen LogP contribution is -2.35. The molecule has 1 saturated heterocycles. The number of benzene rings is 3. The number of rotatable bonds is 7. The summed E-state index contributed by atoms with van der Waals surface area (Å²) in [7, 11) is 2.16. The lowest BCUT2D eigenvalue weighted by atomic mass is 10.0. The predicted molar refractivity (Wildman–Crippen MR) is 142 cm³/mol. The van der Waals surface area contributed by atoms with Gasteiger partial charge in [0.15, 0.2) is 0 Å². The van der Waals surface area contributed by atoms with E-state index >= 15 is 0 Å². The van der Waals surface area contributed by atoms with Crippen LogP contribution in [0.1, 0.15) is 47.6 Å². The molecule has 2 N–H and O–H groups in total. The quantitative estimate of drug-likeness (QED) is 0.362. The molecule has 1 atom stereocenters. The van der Waals surface area contributed by atoms with E-state index in [-0.39, 0.29) is 18.1 Å². The Morgan fingerprint density at radius 3 is 2.47 bits per heavy atom. The summed E-state index contributed by atoms with van der Waals surface area (Å²) >= 11 is 0. The second kappa shape index (κ2) is 9.78. The molecule has 0 unspecified atom stereocenters. The van der Waals surface area contributed by atoms with Crippen LogP contribution in [0.2, 0.25) is 0 Å². The number of carbonyl (C=O) groups is 1. The fourth-order valence-corrected chi connectivity index (χ4v) is 5.15. The van der Waals surface area contributed by atoms with E-state index in [1.807, 2.05) is 60.7 Å². The van der Waals surface area contributed by atoms with Gasteiger partial charge < -0.3 is 15.0 Å². The molecular formula is C30H32N4O2. The van der Waals surface area contributed by atoms with Crippen LogP contribution in [0.25, 0.3) is 22.2 Å². The third-order valence-electron chi connectivity index (χ3n) is 7.46. The highest BCUT2D eigenvalue weighted by molar-refractivity contribution is 6.01. The fourth-order valence-electron chi connectivity index (χ4n) is 5.15. The summed E-state index contributed by atoms with van der Waals surface area (Å²) in [6.45, 7) is 2.15. The minimum Gasteiger partial charge on any atom is -0.490 e. The fraction of sp³-hybridized carbons (Fsp3) is 0.333. The monoisotopic (exact) mass is 480 g/mol. The molecule has 2 fully saturated rings. The molecular weight excluding hydrogens is 448 g/mol. The van der Waals surface area contributed by atoms with Crippen molar-refractivity contribution in [3.63, 3.8) is 0 Å². The summed E-state index contributed by atoms with van der Waals surface area (Å²) in [6, 6.07) is 24.2. The van der Waals surface area contributed by atoms with Crippen molar-refractivity contribution in [2.24, 2.45) is 5.92 Å². The average Bonchev–Trinajstić information content (AvgIpc) is 3.67. The van der Waals surface area contributed by atoms with Gasteiger partial charge in [0.1, 0.15) is 11.9 Å². The number of ether oxygens (including phenoxy) is 1. The van der Waals surface area contributed by atoms with Gasteiger partial charge in [0.05, 0.1) is 17.3 Å². The van der Waals surface area contributed by atoms with E-state index in [0.717, 1.165) is 66.7 Å². The molecule has 6 rings (SSSR count). The molecule has 1 aliphatic carbocycles. The first-order valence-corrected chi connectivity index (χ1v) is 12.9. The zero-order chi connectivity index (χ0) is 24.5. The number of amides is 1. The Balaban J connectivity index is 1.20. The van der Waals surface area contributed by atoms with Crippen molar-refractivity contribution in [1.82, 2.24) is 20.4 Å². The van der Waals surface area contributed by atoms with E-state index in [1.54, 1.807) is 0 Å². The van der Waals surface area contributed by atoms with Crippen LogP contribution in [0.4, 0.5) is 0 Å². The van der Waals surface area contributed by atoms with Crippen molar-refractivity contribution < 1.29 is 9.53 Å². The van der Waals surface area contributed by atoms with Gasteiger partial charge in [-0.15, -0.1) is 0 Å². The molecule has 2 heterocycles. The number of piperidine rings is 1. The van der Waals surface area contributed by atoms with E-state index < -0.39 is 0 Å². The molecule has 6 nitrogen and oxygen atoms in total. The zero-order valence-electron chi connectivity index (χ0n) is 20.6. The smallest absolute Gasteiger partial charge is 0.251 e. The molecule has 1 saturated carbocycles. The molecule has 1 aromatic heterocycles. The SMILES string of the molecule is CN1CCC(Oc2ccc(-c3n[nH]c4ccc(C(=O)N[C@H](c5ccccc5)C5CC5)cc34)cc2)CC1. The van der Waals surface area contributed by atoms with E-state index in [0.29, 0.717) is 11.5 Å². The van der Waals surface area contributed by atoms with Gasteiger partial charge in [-0.1, -0.05) is 30.3 Å². The number of likely N-dealkylation sites (tertiary alicyclic amines) is 1. The van der Waals surface area contributed by atoms with Crippen LogP contribution >= 0.6 is 0 Å². The second-order valence-corrected chi connectivity index (χ2v) is 10.2. The summed E-state index contributed by atoms with van der Waals surface area (Å²) < 4.78 is 6.20. The van der Waals surface area contributed by atoms with Crippen LogP contribution in [0.3, 0.4) is 0 Å². The van der Waals surface area contributed by atoms with Crippen molar-refractivity contribution in [3.05, 3.63) is 83.9 Å². The van der Waals surface area contributed by atoms with Gasteiger partial charge in [0, 0.05) is 29.6 Å². The molecule has 184 valence electrons. The highest BCUT2D eigenvalue weighted by Crippen LogP contribution is 2.41. The topological polar surface area (TPSA) is 70.2 Å². The Morgan fingerprint density at radius 2 is 1.75 bits per heavy atom. The van der Waals surface area contributed by atoms with E-state index in [4.69, 9.17) is 4.74 Å². The van der Waals surface area contributed by atoms with E-state index in [1.165, 1.54) is 5.56 Å². The first-order valence-electron chi connectivity index (χ1n) is 12.9. The maximum absolute atomic E-state index is 13.3. The van der Waals surface area contributed by atoms with Gasteiger partial charge in [-0.3, -0.25) is 9.89 Å². The molecule has 1 aliphatic heterocycles. The number of aromatic nitrogens is 2. The van der Waals surface area contributed by atoms with E-state index in [2.05, 4.69) is 39.6 Å². The van der Waals surface area contributed by atoms with E-state index in [9.17, 15) is 4.79 Å². The van der Waals surface area contributed by atoms with Crippen LogP contribution < -0.4 is 10.1 Å². The average molecular weight is 481 g/mol. The number of nitrogens with one attached hydrogen (secondary N) is 2. The van der Waals surface area contributed by atoms with Crippen molar-refractivity contribution in [1.29, 1.82) is 0 Å². The van der Waals surface area contributed by atoms with Gasteiger partial charge in [-0.05, 0) is 86.7 Å². The second-order valence-electron chi connectivity index (χ2n) is 10.2. The number of hydrogen-bond donors (Lipinski definition) is 2. The first kappa shape index (κ1) is 22.8. The van der Waals surface area contributed by atoms with Crippen molar-refractivity contribution in [3.8, 4) is 17.0 Å². The predicted octanol–water partition coefficient (Wildman–Crippen LogP) is 5.58. The highest BCUT2D eigenvalue weighted by atomic mass is 16.5. The number of carbonyl (C=O) groups excluding carboxylic acids is 1. The largest absolute Gasteiger partial charge is 0.490 e. The van der Waals surface area contributed by atoms with Gasteiger partial charge in [0.25, 0.3) is 5.91 Å². The van der Waals surface area contributed by atoms with Gasteiger partial charge in [0.2, 0.25) is 0 Å². The van der Waals surface area contributed by atoms with Gasteiger partial charge in [-0.25, -0.2) is 0 Å². The Bertz CT molecular complexity index is 1340. The number of nitrogens with zero attached hydrogens (tertiary/aromatic N) is 2. The van der Waals surface area contributed by atoms with Crippen molar-refractivity contribution in [2.45, 2.75) is 37.8 Å². The summed E-state index contributed by atoms with van der Waals surface area (Å²) in [5.41, 5.74) is 4.56. The highest BCUT2D eigenvalue weighted by Gasteiger charge is 2.33. The molecule has 2 aliphatic rings. The lowest BCUT2D eigenvalue weighted by Gasteiger charge is -2.29. The summed E-state index contributed by atoms with van der Waals surface area (Å²) in [5.74, 6) is 1.35. The Kier molecular flexibility index (Phi) is 6.20. The molecule has 4 aromatic rings. The molecule has 36 heavy (non-hydrogen) atoms. The first-order chi connectivity index (χ1) is 17.6. The summed E-state index contributed by atoms with van der Waals surface area (Å²) in [5, 5.41) is 11.9. The summed E-state index contributed by atoms with van der Waals surface area (Å²) in [6.07, 6.45) is 4.69. The molecule has 1 amide bonds. The van der Waals surface area contributed by atoms with Crippen LogP contribution in [-0.4, -0.2) is 47.2 Å². The van der Waals surface area contributed by atoms with Crippen molar-refractivity contribution >= 4 is 16.8 Å². The molecule has 6 heteroatoms. The lowest BCUT2D eigenvalue weighted by molar-refractivity contribution is 0.0932. The Morgan fingerprint density at radius 1 is 1.00 bits per heavy atom. The van der Waals surface area contributed by atoms with Crippen LogP contribution in [0, 0.1) is 5.92 Å². The van der Waals surface area contributed by atoms with Crippen LogP contribution in [-0.2, 0) is 0 Å². The van der Waals surface area contributed by atoms with Crippen molar-refractivity contribution in [2.75, 3.05) is 20.1 Å². The molecule has 0 radical (unpaired) electrons. The maximum Gasteiger partial charge on any atom is 0.251 e. The van der Waals surface area contributed by atoms with Crippen LogP contribution in [0.15, 0.2) is 72.8 Å². The van der Waals surface area contributed by atoms with Gasteiger partial charge in [-0.2, -0.15) is 5.10 Å². The molecule has 0 spiro atoms. The normalized spacial score (nSPS) is 17.7. The van der Waals surface area contributed by atoms with Gasteiger partial charge >= 0.3 is 0 Å². The number of hydrogen-bond acceptors (Lipinski definition) is 4. The Labute approximate surface area is 211 Å². The third-order valence-corrected chi connectivity index (χ3v) is 7.46. The zero-order valence-corrected chi connectivity index (χ0v) is 20.6. The minimum atomic E-state index is -0.0494. The minimum absolute atomic E-state index is 0.0494. The molecule has 3 aromatic carbocycles. The van der Waals surface area contributed by atoms with Crippen LogP contribution in [0.5, 0.6) is 5.75 Å². The Hall–Kier alpha value is -3.64. The number of fused-ring (bicyclic) bond motifs is 1. The summed E-state index contributed by atoms with van der Waals surface area (Å²) in [4.78, 5) is 15.6. The molecule has 0 bridgehead atoms. The standard InChI is InChI=1S/C30H32N4O2/c1-34-17-15-25(16-18-34)36-24-12-9-22(10-13-24)29-26-19-23(11-14-27(26)32-33-29)30(35)31-28(21-7-8-21)20-5-3-2-4-6-20/h2-6,9-14,19,21,25,28H,7-8,15-18H2,1H3,(H,31,35)(H,32,33)/t28-/m1/s1. The maximum atomic E-state index is 13.3. The third kappa shape index (κ3) is 4.86. The number of H-pyrrole nitrogens is 1. The number of aromatic amines is 1.